The van der Waals surface area contributed by atoms with Crippen LogP contribution in [0.1, 0.15) is 74.6 Å². The number of anilines is 4. The summed E-state index contributed by atoms with van der Waals surface area (Å²) in [6.07, 6.45) is 9.76. The molecule has 4 unspecified atom stereocenters. The van der Waals surface area contributed by atoms with Gasteiger partial charge in [0.25, 0.3) is 0 Å². The SMILES string of the molecule is Nc1cc(-c2cc(NCCCC3CCCNC3)c3ccccc3n2)cc(C2COCCN2C(=O)N2CCOCC2c2cc(N)cc(-c3cc(NCCCC4CCCNC4)c4ccccc4n3)c2)c1. The Hall–Kier alpha value is -5.99. The predicted molar refractivity (Wildman–Crippen MR) is 276 cm³/mol. The molecule has 0 spiro atoms. The number of hydrogen-bond donors (Lipinski definition) is 6. The van der Waals surface area contributed by atoms with Crippen LogP contribution in [0.15, 0.2) is 97.1 Å². The highest BCUT2D eigenvalue weighted by Crippen LogP contribution is 2.38. The highest BCUT2D eigenvalue weighted by molar-refractivity contribution is 5.95. The number of nitrogens with one attached hydrogen (secondary N) is 4. The molecule has 6 aromatic rings. The van der Waals surface area contributed by atoms with Crippen molar-refractivity contribution in [3.8, 4) is 22.5 Å². The van der Waals surface area contributed by atoms with Gasteiger partial charge < -0.3 is 52.0 Å². The number of aromatic nitrogens is 2. The molecular formula is C55H68N10O3. The van der Waals surface area contributed by atoms with Crippen LogP contribution in [0.5, 0.6) is 0 Å². The van der Waals surface area contributed by atoms with Crippen LogP contribution in [0, 0.1) is 11.8 Å². The lowest BCUT2D eigenvalue weighted by Crippen LogP contribution is -2.53. The highest BCUT2D eigenvalue weighted by Gasteiger charge is 2.37. The molecule has 13 nitrogen and oxygen atoms in total. The van der Waals surface area contributed by atoms with E-state index in [1.165, 1.54) is 38.5 Å². The van der Waals surface area contributed by atoms with Gasteiger partial charge in [0.2, 0.25) is 0 Å². The second-order valence-corrected chi connectivity index (χ2v) is 19.3. The van der Waals surface area contributed by atoms with Gasteiger partial charge in [0.15, 0.2) is 0 Å². The first kappa shape index (κ1) is 45.8. The Kier molecular flexibility index (Phi) is 14.5. The average molecular weight is 917 g/mol. The number of hydrogen-bond acceptors (Lipinski definition) is 11. The summed E-state index contributed by atoms with van der Waals surface area (Å²) in [5, 5.41) is 16.8. The number of urea groups is 1. The van der Waals surface area contributed by atoms with E-state index in [0.29, 0.717) is 50.9 Å². The van der Waals surface area contributed by atoms with Gasteiger partial charge in [0, 0.05) is 70.8 Å². The molecule has 4 aromatic carbocycles. The van der Waals surface area contributed by atoms with Crippen molar-refractivity contribution in [3.05, 3.63) is 108 Å². The maximum absolute atomic E-state index is 15.1. The fourth-order valence-corrected chi connectivity index (χ4v) is 10.9. The van der Waals surface area contributed by atoms with Gasteiger partial charge in [0.05, 0.1) is 60.9 Å². The number of piperidine rings is 2. The summed E-state index contributed by atoms with van der Waals surface area (Å²) in [6.45, 7) is 8.74. The van der Waals surface area contributed by atoms with Gasteiger partial charge in [0.1, 0.15) is 0 Å². The van der Waals surface area contributed by atoms with E-state index in [1.54, 1.807) is 0 Å². The molecule has 13 heteroatoms. The molecule has 0 saturated carbocycles. The van der Waals surface area contributed by atoms with Crippen molar-refractivity contribution in [2.45, 2.75) is 63.5 Å². The van der Waals surface area contributed by atoms with Crippen molar-refractivity contribution >= 4 is 50.6 Å². The maximum Gasteiger partial charge on any atom is 0.321 e. The van der Waals surface area contributed by atoms with Crippen molar-refractivity contribution in [1.29, 1.82) is 0 Å². The van der Waals surface area contributed by atoms with Crippen LogP contribution in [-0.2, 0) is 9.47 Å². The summed E-state index contributed by atoms with van der Waals surface area (Å²) in [7, 11) is 0. The molecule has 68 heavy (non-hydrogen) atoms. The summed E-state index contributed by atoms with van der Waals surface area (Å²) in [5.41, 5.74) is 23.9. The number of benzene rings is 4. The molecule has 10 rings (SSSR count). The summed E-state index contributed by atoms with van der Waals surface area (Å²) < 4.78 is 12.2. The molecule has 0 radical (unpaired) electrons. The standard InChI is InChI=1S/C55H68N10O3/c56-43-27-39(49-31-51(45-13-1-3-15-47(45)62-49)60-19-7-11-37-9-5-17-58-33-37)25-41(29-43)53-35-67-23-21-64(53)55(66)65-22-24-68-36-54(65)42-26-40(28-44(57)30-42)50-32-52(46-14-2-4-16-48(46)63-50)61-20-8-12-38-10-6-18-59-34-38/h1-4,13-16,25-32,37-38,53-54,58-59H,5-12,17-24,33-36,56-57H2,(H,60,62)(H,61,63). The molecule has 8 N–H and O–H groups in total. The Bertz CT molecular complexity index is 2500. The molecule has 356 valence electrons. The molecule has 2 amide bonds. The number of fused-ring (bicyclic) bond motifs is 2. The number of nitrogens with two attached hydrogens (primary N) is 2. The fraction of sp³-hybridized carbons (Fsp3) is 0.436. The molecule has 4 atom stereocenters. The zero-order chi connectivity index (χ0) is 46.2. The van der Waals surface area contributed by atoms with E-state index in [1.807, 2.05) is 46.2 Å². The molecule has 0 aliphatic carbocycles. The Balaban J connectivity index is 0.887. The van der Waals surface area contributed by atoms with Crippen LogP contribution in [0.25, 0.3) is 44.3 Å². The first-order chi connectivity index (χ1) is 33.4. The number of pyridine rings is 2. The third kappa shape index (κ3) is 10.7. The molecule has 6 heterocycles. The summed E-state index contributed by atoms with van der Waals surface area (Å²) in [5.74, 6) is 1.49. The van der Waals surface area contributed by atoms with Crippen molar-refractivity contribution in [2.24, 2.45) is 11.8 Å². The summed E-state index contributed by atoms with van der Waals surface area (Å²) in [4.78, 5) is 29.2. The van der Waals surface area contributed by atoms with Gasteiger partial charge in [-0.15, -0.1) is 0 Å². The number of nitrogens with zero attached hydrogens (tertiary/aromatic N) is 4. The smallest absolute Gasteiger partial charge is 0.321 e. The Morgan fingerprint density at radius 1 is 0.632 bits per heavy atom. The topological polar surface area (TPSA) is 168 Å². The van der Waals surface area contributed by atoms with Crippen LogP contribution in [0.3, 0.4) is 0 Å². The largest absolute Gasteiger partial charge is 0.399 e. The number of carbonyl (C=O) groups excluding carboxylic acids is 1. The van der Waals surface area contributed by atoms with Crippen LogP contribution < -0.4 is 32.7 Å². The third-order valence-corrected chi connectivity index (χ3v) is 14.5. The van der Waals surface area contributed by atoms with Gasteiger partial charge >= 0.3 is 6.03 Å². The number of rotatable bonds is 14. The first-order valence-corrected chi connectivity index (χ1v) is 25.2. The second kappa shape index (κ2) is 21.5. The lowest BCUT2D eigenvalue weighted by atomic mass is 9.95. The van der Waals surface area contributed by atoms with E-state index < -0.39 is 0 Å². The zero-order valence-electron chi connectivity index (χ0n) is 39.4. The summed E-state index contributed by atoms with van der Waals surface area (Å²) in [6, 6.07) is 32.2. The van der Waals surface area contributed by atoms with Gasteiger partial charge in [-0.3, -0.25) is 0 Å². The van der Waals surface area contributed by atoms with E-state index in [2.05, 4.69) is 81.9 Å². The molecule has 4 saturated heterocycles. The van der Waals surface area contributed by atoms with Gasteiger partial charge in [-0.2, -0.15) is 0 Å². The Labute approximate surface area is 400 Å². The van der Waals surface area contributed by atoms with Gasteiger partial charge in [-0.1, -0.05) is 36.4 Å². The van der Waals surface area contributed by atoms with Crippen molar-refractivity contribution in [3.63, 3.8) is 0 Å². The number of para-hydroxylation sites is 2. The van der Waals surface area contributed by atoms with Crippen molar-refractivity contribution in [1.82, 2.24) is 30.4 Å². The van der Waals surface area contributed by atoms with Gasteiger partial charge in [-0.05, 0) is 161 Å². The Morgan fingerprint density at radius 3 is 1.56 bits per heavy atom. The predicted octanol–water partition coefficient (Wildman–Crippen LogP) is 9.23. The molecule has 4 aliphatic heterocycles. The van der Waals surface area contributed by atoms with E-state index >= 15 is 4.79 Å². The maximum atomic E-state index is 15.1. The quantitative estimate of drug-likeness (QED) is 0.0455. The van der Waals surface area contributed by atoms with Crippen molar-refractivity contribution < 1.29 is 14.3 Å². The number of carbonyl (C=O) groups is 1. The third-order valence-electron chi connectivity index (χ3n) is 14.5. The van der Waals surface area contributed by atoms with Crippen molar-refractivity contribution in [2.75, 3.05) is 101 Å². The van der Waals surface area contributed by atoms with Gasteiger partial charge in [-0.25, -0.2) is 14.8 Å². The zero-order valence-corrected chi connectivity index (χ0v) is 39.4. The molecule has 2 aromatic heterocycles. The minimum Gasteiger partial charge on any atom is -0.399 e. The van der Waals surface area contributed by atoms with Crippen LogP contribution in [-0.4, -0.2) is 105 Å². The number of amides is 2. The van der Waals surface area contributed by atoms with Crippen LogP contribution >= 0.6 is 0 Å². The minimum absolute atomic E-state index is 0.0711. The normalized spacial score (nSPS) is 21.2. The second-order valence-electron chi connectivity index (χ2n) is 19.3. The molecule has 0 bridgehead atoms. The van der Waals surface area contributed by atoms with E-state index in [4.69, 9.17) is 30.9 Å². The number of nitrogen functional groups attached to an aromatic ring is 2. The van der Waals surface area contributed by atoms with E-state index in [9.17, 15) is 0 Å². The number of ether oxygens (including phenoxy) is 2. The molecular weight excluding hydrogens is 849 g/mol. The first-order valence-electron chi connectivity index (χ1n) is 25.2. The molecule has 4 fully saturated rings. The fourth-order valence-electron chi connectivity index (χ4n) is 10.9. The highest BCUT2D eigenvalue weighted by atomic mass is 16.5. The average Bonchev–Trinajstić information content (AvgIpc) is 3.38. The Morgan fingerprint density at radius 2 is 1.10 bits per heavy atom. The molecule has 4 aliphatic rings. The summed E-state index contributed by atoms with van der Waals surface area (Å²) >= 11 is 0. The lowest BCUT2D eigenvalue weighted by Gasteiger charge is -2.43. The monoisotopic (exact) mass is 917 g/mol. The number of morpholine rings is 2. The van der Waals surface area contributed by atoms with E-state index in [-0.39, 0.29) is 18.1 Å². The minimum atomic E-state index is -0.363. The van der Waals surface area contributed by atoms with E-state index in [0.717, 1.165) is 131 Å². The van der Waals surface area contributed by atoms with Crippen LogP contribution in [0.4, 0.5) is 27.5 Å². The van der Waals surface area contributed by atoms with Crippen LogP contribution in [0.2, 0.25) is 0 Å². The lowest BCUT2D eigenvalue weighted by molar-refractivity contribution is -0.0261.